The number of hydrogen-bond donors (Lipinski definition) is 3. The van der Waals surface area contributed by atoms with Crippen molar-refractivity contribution in [1.29, 1.82) is 0 Å². The summed E-state index contributed by atoms with van der Waals surface area (Å²) in [7, 11) is 1.26. The number of hydrogen-bond acceptors (Lipinski definition) is 8. The number of methoxy groups -OCH3 is 1. The fourth-order valence-corrected chi connectivity index (χ4v) is 2.34. The van der Waals surface area contributed by atoms with Gasteiger partial charge in [-0.3, -0.25) is 14.9 Å². The van der Waals surface area contributed by atoms with Gasteiger partial charge in [0.05, 0.1) is 7.11 Å². The van der Waals surface area contributed by atoms with Crippen molar-refractivity contribution < 1.29 is 38.5 Å². The Morgan fingerprint density at radius 2 is 1.73 bits per heavy atom. The van der Waals surface area contributed by atoms with E-state index in [0.29, 0.717) is 19.3 Å². The molecule has 26 heavy (non-hydrogen) atoms. The minimum atomic E-state index is -1.45. The van der Waals surface area contributed by atoms with Gasteiger partial charge in [-0.05, 0) is 40.0 Å². The zero-order valence-electron chi connectivity index (χ0n) is 15.4. The summed E-state index contributed by atoms with van der Waals surface area (Å²) in [6.07, 6.45) is 0.672. The molecule has 1 aliphatic rings. The van der Waals surface area contributed by atoms with Crippen molar-refractivity contribution in [2.75, 3.05) is 13.7 Å². The Kier molecular flexibility index (Phi) is 7.81. The maximum absolute atomic E-state index is 12.1. The van der Waals surface area contributed by atoms with E-state index in [1.165, 1.54) is 7.11 Å². The molecule has 0 spiro atoms. The lowest BCUT2D eigenvalue weighted by molar-refractivity contribution is -0.152. The van der Waals surface area contributed by atoms with E-state index in [0.717, 1.165) is 0 Å². The molecule has 10 nitrogen and oxygen atoms in total. The van der Waals surface area contributed by atoms with Gasteiger partial charge in [-0.1, -0.05) is 0 Å². The van der Waals surface area contributed by atoms with Gasteiger partial charge in [-0.15, -0.1) is 0 Å². The van der Waals surface area contributed by atoms with Gasteiger partial charge < -0.3 is 24.6 Å². The zero-order valence-corrected chi connectivity index (χ0v) is 15.4. The summed E-state index contributed by atoms with van der Waals surface area (Å²) in [5.74, 6) is -2.54. The first-order valence-electron chi connectivity index (χ1n) is 8.26. The van der Waals surface area contributed by atoms with Gasteiger partial charge in [0.15, 0.2) is 6.04 Å². The van der Waals surface area contributed by atoms with Gasteiger partial charge in [0, 0.05) is 0 Å². The van der Waals surface area contributed by atoms with Gasteiger partial charge in [0.25, 0.3) is 0 Å². The minimum absolute atomic E-state index is 0.448. The van der Waals surface area contributed by atoms with Crippen LogP contribution in [0.25, 0.3) is 0 Å². The number of esters is 2. The van der Waals surface area contributed by atoms with Gasteiger partial charge in [-0.25, -0.2) is 9.59 Å². The molecule has 1 aliphatic heterocycles. The summed E-state index contributed by atoms with van der Waals surface area (Å²) >= 11 is 0. The summed E-state index contributed by atoms with van der Waals surface area (Å²) in [6.45, 7) is 4.34. The highest BCUT2D eigenvalue weighted by atomic mass is 16.6. The Balaban J connectivity index is 2.55. The number of amides is 1. The molecule has 0 radical (unpaired) electrons. The molecule has 10 heteroatoms. The molecule has 148 valence electrons. The Labute approximate surface area is 151 Å². The van der Waals surface area contributed by atoms with Crippen LogP contribution < -0.4 is 10.6 Å². The maximum Gasteiger partial charge on any atom is 0.408 e. The van der Waals surface area contributed by atoms with Crippen LogP contribution in [-0.4, -0.2) is 66.6 Å². The second-order valence-corrected chi connectivity index (χ2v) is 6.89. The first kappa shape index (κ1) is 21.7. The van der Waals surface area contributed by atoms with Crippen molar-refractivity contribution in [1.82, 2.24) is 10.6 Å². The highest BCUT2D eigenvalue weighted by Gasteiger charge is 2.33. The van der Waals surface area contributed by atoms with Crippen LogP contribution in [0.4, 0.5) is 4.79 Å². The molecule has 0 saturated carbocycles. The van der Waals surface area contributed by atoms with Gasteiger partial charge >= 0.3 is 24.0 Å². The third-order valence-electron chi connectivity index (χ3n) is 3.54. The Bertz CT molecular complexity index is 543. The molecule has 2 unspecified atom stereocenters. The molecule has 3 atom stereocenters. The van der Waals surface area contributed by atoms with Crippen LogP contribution in [0.5, 0.6) is 0 Å². The Morgan fingerprint density at radius 1 is 1.15 bits per heavy atom. The lowest BCUT2D eigenvalue weighted by Gasteiger charge is -2.28. The number of carboxylic acids is 1. The summed E-state index contributed by atoms with van der Waals surface area (Å²) in [6, 6.07) is -2.81. The lowest BCUT2D eigenvalue weighted by atomic mass is 9.98. The summed E-state index contributed by atoms with van der Waals surface area (Å²) < 4.78 is 14.6. The average molecular weight is 374 g/mol. The molecule has 0 aromatic carbocycles. The molecule has 1 rings (SSSR count). The van der Waals surface area contributed by atoms with Crippen molar-refractivity contribution in [3.63, 3.8) is 0 Å². The number of carbonyl (C=O) groups excluding carboxylic acids is 3. The normalized spacial score (nSPS) is 21.2. The Hall–Kier alpha value is -2.36. The zero-order chi connectivity index (χ0) is 19.9. The molecule has 1 heterocycles. The second kappa shape index (κ2) is 9.37. The molecule has 0 bridgehead atoms. The molecule has 1 amide bonds. The van der Waals surface area contributed by atoms with E-state index < -0.39 is 54.3 Å². The van der Waals surface area contributed by atoms with Crippen LogP contribution in [-0.2, 0) is 28.6 Å². The fraction of sp³-hybridized carbons (Fsp3) is 0.750. The van der Waals surface area contributed by atoms with Crippen LogP contribution in [0.1, 0.15) is 40.0 Å². The summed E-state index contributed by atoms with van der Waals surface area (Å²) in [4.78, 5) is 46.6. The van der Waals surface area contributed by atoms with E-state index in [1.807, 2.05) is 0 Å². The third kappa shape index (κ3) is 7.26. The molecule has 0 aliphatic carbocycles. The number of ether oxygens (including phenoxy) is 3. The standard InChI is InChI=1S/C16H26N2O8/c1-16(2,3)26-15(23)18-11(12(19)20)8-25-14(22)10-7-5-6-9(17-10)13(21)24-4/h9-11,17H,5-8H2,1-4H3,(H,18,23)(H,19,20)/t9?,10?,11-/m0/s1. The van der Waals surface area contributed by atoms with Crippen molar-refractivity contribution >= 4 is 24.0 Å². The smallest absolute Gasteiger partial charge is 0.408 e. The van der Waals surface area contributed by atoms with Crippen LogP contribution in [0.3, 0.4) is 0 Å². The molecule has 1 saturated heterocycles. The van der Waals surface area contributed by atoms with Crippen LogP contribution in [0.15, 0.2) is 0 Å². The minimum Gasteiger partial charge on any atom is -0.480 e. The molecule has 0 aromatic heterocycles. The van der Waals surface area contributed by atoms with Crippen LogP contribution >= 0.6 is 0 Å². The van der Waals surface area contributed by atoms with E-state index in [1.54, 1.807) is 20.8 Å². The monoisotopic (exact) mass is 374 g/mol. The highest BCUT2D eigenvalue weighted by molar-refractivity contribution is 5.82. The van der Waals surface area contributed by atoms with Gasteiger partial charge in [0.2, 0.25) is 0 Å². The number of aliphatic carboxylic acids is 1. The second-order valence-electron chi connectivity index (χ2n) is 6.89. The SMILES string of the molecule is COC(=O)C1CCCC(C(=O)OC[C@H](NC(=O)OC(C)(C)C)C(=O)O)N1. The number of nitrogens with one attached hydrogen (secondary N) is 2. The molecule has 0 aromatic rings. The number of piperidine rings is 1. The maximum atomic E-state index is 12.1. The van der Waals surface area contributed by atoms with Crippen molar-refractivity contribution in [2.45, 2.75) is 63.8 Å². The van der Waals surface area contributed by atoms with Crippen molar-refractivity contribution in [3.8, 4) is 0 Å². The largest absolute Gasteiger partial charge is 0.480 e. The predicted octanol–water partition coefficient (Wildman–Crippen LogP) is 0.191. The molecular weight excluding hydrogens is 348 g/mol. The van der Waals surface area contributed by atoms with E-state index in [9.17, 15) is 19.2 Å². The van der Waals surface area contributed by atoms with E-state index in [4.69, 9.17) is 14.6 Å². The fourth-order valence-electron chi connectivity index (χ4n) is 2.34. The first-order chi connectivity index (χ1) is 12.0. The summed E-state index contributed by atoms with van der Waals surface area (Å²) in [5, 5.41) is 14.1. The molecule has 1 fully saturated rings. The topological polar surface area (TPSA) is 140 Å². The third-order valence-corrected chi connectivity index (χ3v) is 3.54. The number of carbonyl (C=O) groups is 4. The van der Waals surface area contributed by atoms with Crippen molar-refractivity contribution in [2.24, 2.45) is 0 Å². The van der Waals surface area contributed by atoms with E-state index in [-0.39, 0.29) is 0 Å². The van der Waals surface area contributed by atoms with Crippen molar-refractivity contribution in [3.05, 3.63) is 0 Å². The average Bonchev–Trinajstić information content (AvgIpc) is 2.55. The first-order valence-corrected chi connectivity index (χ1v) is 8.26. The number of alkyl carbamates (subject to hydrolysis) is 1. The van der Waals surface area contributed by atoms with Crippen LogP contribution in [0.2, 0.25) is 0 Å². The Morgan fingerprint density at radius 3 is 2.23 bits per heavy atom. The predicted molar refractivity (Wildman–Crippen MR) is 88.3 cm³/mol. The van der Waals surface area contributed by atoms with E-state index in [2.05, 4.69) is 15.4 Å². The quantitative estimate of drug-likeness (QED) is 0.439. The number of carboxylic acid groups (broad SMARTS) is 1. The summed E-state index contributed by atoms with van der Waals surface area (Å²) in [5.41, 5.74) is -0.793. The lowest BCUT2D eigenvalue weighted by Crippen LogP contribution is -2.52. The molecular formula is C16H26N2O8. The van der Waals surface area contributed by atoms with Crippen LogP contribution in [0, 0.1) is 0 Å². The van der Waals surface area contributed by atoms with Gasteiger partial charge in [-0.2, -0.15) is 0 Å². The van der Waals surface area contributed by atoms with E-state index >= 15 is 0 Å². The number of rotatable bonds is 6. The van der Waals surface area contributed by atoms with Gasteiger partial charge in [0.1, 0.15) is 24.3 Å². The molecule has 3 N–H and O–H groups in total. The highest BCUT2D eigenvalue weighted by Crippen LogP contribution is 2.15.